The third kappa shape index (κ3) is 4.63. The van der Waals surface area contributed by atoms with Crippen LogP contribution in [-0.4, -0.2) is 34.1 Å². The number of rotatable bonds is 6. The first-order valence-electron chi connectivity index (χ1n) is 5.15. The normalized spacial score (nSPS) is 13.6. The van der Waals surface area contributed by atoms with Gasteiger partial charge in [-0.15, -0.1) is 11.6 Å². The monoisotopic (exact) mass is 277 g/mol. The van der Waals surface area contributed by atoms with E-state index in [9.17, 15) is 8.42 Å². The van der Waals surface area contributed by atoms with Gasteiger partial charge in [0.05, 0.1) is 16.9 Å². The summed E-state index contributed by atoms with van der Waals surface area (Å²) in [6.07, 6.45) is 0. The van der Waals surface area contributed by atoms with Crippen LogP contribution in [0.3, 0.4) is 0 Å². The SMILES string of the molecule is COCC(Cl)CNS(=O)(=O)c1ccc(C)cc1. The summed E-state index contributed by atoms with van der Waals surface area (Å²) in [4.78, 5) is 0.240. The van der Waals surface area contributed by atoms with Crippen LogP contribution in [0.2, 0.25) is 0 Å². The summed E-state index contributed by atoms with van der Waals surface area (Å²) in [5.41, 5.74) is 1.01. The molecule has 0 aromatic heterocycles. The fourth-order valence-electron chi connectivity index (χ4n) is 1.24. The van der Waals surface area contributed by atoms with Crippen LogP contribution in [0.25, 0.3) is 0 Å². The van der Waals surface area contributed by atoms with Crippen molar-refractivity contribution in [3.63, 3.8) is 0 Å². The summed E-state index contributed by atoms with van der Waals surface area (Å²) in [5.74, 6) is 0. The molecule has 0 aliphatic heterocycles. The van der Waals surface area contributed by atoms with Gasteiger partial charge in [0.2, 0.25) is 10.0 Å². The fraction of sp³-hybridized carbons (Fsp3) is 0.455. The predicted octanol–water partition coefficient (Wildman–Crippen LogP) is 1.53. The molecule has 0 spiro atoms. The third-order valence-corrected chi connectivity index (χ3v) is 3.89. The highest BCUT2D eigenvalue weighted by Crippen LogP contribution is 2.10. The first-order chi connectivity index (χ1) is 7.95. The average molecular weight is 278 g/mol. The van der Waals surface area contributed by atoms with Crippen LogP contribution in [0.15, 0.2) is 29.2 Å². The molecule has 4 nitrogen and oxygen atoms in total. The van der Waals surface area contributed by atoms with Crippen LogP contribution in [0.1, 0.15) is 5.56 Å². The van der Waals surface area contributed by atoms with E-state index in [2.05, 4.69) is 4.72 Å². The highest BCUT2D eigenvalue weighted by molar-refractivity contribution is 7.89. The molecule has 0 bridgehead atoms. The number of hydrogen-bond acceptors (Lipinski definition) is 3. The maximum atomic E-state index is 11.8. The van der Waals surface area contributed by atoms with E-state index >= 15 is 0 Å². The molecule has 1 unspecified atom stereocenters. The Morgan fingerprint density at radius 1 is 1.35 bits per heavy atom. The van der Waals surface area contributed by atoms with E-state index in [0.29, 0.717) is 6.61 Å². The number of sulfonamides is 1. The molecule has 17 heavy (non-hydrogen) atoms. The lowest BCUT2D eigenvalue weighted by molar-refractivity contribution is 0.198. The number of ether oxygens (including phenoxy) is 1. The van der Waals surface area contributed by atoms with Crippen molar-refractivity contribution < 1.29 is 13.2 Å². The number of halogens is 1. The van der Waals surface area contributed by atoms with Gasteiger partial charge in [-0.3, -0.25) is 0 Å². The lowest BCUT2D eigenvalue weighted by atomic mass is 10.2. The zero-order valence-corrected chi connectivity index (χ0v) is 11.4. The Morgan fingerprint density at radius 3 is 2.47 bits per heavy atom. The molecule has 0 heterocycles. The summed E-state index contributed by atoms with van der Waals surface area (Å²) in [6, 6.07) is 6.64. The maximum absolute atomic E-state index is 11.8. The van der Waals surface area contributed by atoms with Crippen molar-refractivity contribution in [3.8, 4) is 0 Å². The van der Waals surface area contributed by atoms with Gasteiger partial charge in [-0.05, 0) is 19.1 Å². The highest BCUT2D eigenvalue weighted by atomic mass is 35.5. The van der Waals surface area contributed by atoms with Crippen LogP contribution in [-0.2, 0) is 14.8 Å². The average Bonchev–Trinajstić information content (AvgIpc) is 2.28. The van der Waals surface area contributed by atoms with E-state index < -0.39 is 10.0 Å². The Labute approximate surface area is 107 Å². The Morgan fingerprint density at radius 2 is 1.94 bits per heavy atom. The molecular formula is C11H16ClNO3S. The van der Waals surface area contributed by atoms with Crippen LogP contribution in [0, 0.1) is 6.92 Å². The van der Waals surface area contributed by atoms with Gasteiger partial charge >= 0.3 is 0 Å². The van der Waals surface area contributed by atoms with Crippen molar-refractivity contribution >= 4 is 21.6 Å². The van der Waals surface area contributed by atoms with Gasteiger partial charge in [-0.25, -0.2) is 13.1 Å². The molecule has 0 aliphatic rings. The van der Waals surface area contributed by atoms with Crippen LogP contribution >= 0.6 is 11.6 Å². The molecule has 0 saturated heterocycles. The predicted molar refractivity (Wildman–Crippen MR) is 67.9 cm³/mol. The van der Waals surface area contributed by atoms with Crippen molar-refractivity contribution in [3.05, 3.63) is 29.8 Å². The van der Waals surface area contributed by atoms with E-state index in [1.165, 1.54) is 7.11 Å². The fourth-order valence-corrected chi connectivity index (χ4v) is 2.62. The minimum atomic E-state index is -3.48. The Balaban J connectivity index is 2.66. The first kappa shape index (κ1) is 14.4. The van der Waals surface area contributed by atoms with Gasteiger partial charge in [-0.2, -0.15) is 0 Å². The maximum Gasteiger partial charge on any atom is 0.240 e. The Hall–Kier alpha value is -0.620. The van der Waals surface area contributed by atoms with Crippen molar-refractivity contribution in [1.29, 1.82) is 0 Å². The van der Waals surface area contributed by atoms with E-state index in [4.69, 9.17) is 16.3 Å². The zero-order chi connectivity index (χ0) is 12.9. The Bertz CT molecular complexity index is 444. The number of hydrogen-bond donors (Lipinski definition) is 1. The Kier molecular flexibility index (Phi) is 5.39. The highest BCUT2D eigenvalue weighted by Gasteiger charge is 2.15. The zero-order valence-electron chi connectivity index (χ0n) is 9.81. The number of benzene rings is 1. The molecule has 1 aromatic carbocycles. The van der Waals surface area contributed by atoms with E-state index in [0.717, 1.165) is 5.56 Å². The summed E-state index contributed by atoms with van der Waals surface area (Å²) in [6.45, 7) is 2.35. The van der Waals surface area contributed by atoms with E-state index in [1.807, 2.05) is 6.92 Å². The second-order valence-electron chi connectivity index (χ2n) is 3.72. The lowest BCUT2D eigenvalue weighted by Crippen LogP contribution is -2.31. The number of alkyl halides is 1. The molecule has 1 N–H and O–H groups in total. The van der Waals surface area contributed by atoms with Crippen molar-refractivity contribution in [2.75, 3.05) is 20.3 Å². The molecule has 0 radical (unpaired) electrons. The van der Waals surface area contributed by atoms with Gasteiger partial charge in [0.25, 0.3) is 0 Å². The summed E-state index contributed by atoms with van der Waals surface area (Å²) in [7, 11) is -1.96. The molecule has 6 heteroatoms. The molecular weight excluding hydrogens is 262 g/mol. The number of nitrogens with one attached hydrogen (secondary N) is 1. The molecule has 96 valence electrons. The molecule has 1 atom stereocenters. The van der Waals surface area contributed by atoms with Gasteiger partial charge in [0.1, 0.15) is 0 Å². The minimum Gasteiger partial charge on any atom is -0.383 e. The molecule has 0 fully saturated rings. The molecule has 0 aliphatic carbocycles. The number of aryl methyl sites for hydroxylation is 1. The second-order valence-corrected chi connectivity index (χ2v) is 6.10. The van der Waals surface area contributed by atoms with E-state index in [1.54, 1.807) is 24.3 Å². The van der Waals surface area contributed by atoms with Crippen molar-refractivity contribution in [1.82, 2.24) is 4.72 Å². The van der Waals surface area contributed by atoms with Gasteiger partial charge in [0.15, 0.2) is 0 Å². The minimum absolute atomic E-state index is 0.144. The standard InChI is InChI=1S/C11H16ClNO3S/c1-9-3-5-11(6-4-9)17(14,15)13-7-10(12)8-16-2/h3-6,10,13H,7-8H2,1-2H3. The van der Waals surface area contributed by atoms with E-state index in [-0.39, 0.29) is 16.8 Å². The van der Waals surface area contributed by atoms with Crippen molar-refractivity contribution in [2.45, 2.75) is 17.2 Å². The topological polar surface area (TPSA) is 55.4 Å². The summed E-state index contributed by atoms with van der Waals surface area (Å²) >= 11 is 5.85. The first-order valence-corrected chi connectivity index (χ1v) is 7.07. The lowest BCUT2D eigenvalue weighted by Gasteiger charge is -2.10. The third-order valence-electron chi connectivity index (χ3n) is 2.17. The molecule has 1 aromatic rings. The van der Waals surface area contributed by atoms with Gasteiger partial charge in [-0.1, -0.05) is 17.7 Å². The molecule has 1 rings (SSSR count). The quantitative estimate of drug-likeness (QED) is 0.803. The summed E-state index contributed by atoms with van der Waals surface area (Å²) in [5, 5.41) is -0.375. The summed E-state index contributed by atoms with van der Waals surface area (Å²) < 4.78 is 30.9. The van der Waals surface area contributed by atoms with Crippen LogP contribution < -0.4 is 4.72 Å². The largest absolute Gasteiger partial charge is 0.383 e. The van der Waals surface area contributed by atoms with Crippen LogP contribution in [0.5, 0.6) is 0 Å². The van der Waals surface area contributed by atoms with Gasteiger partial charge < -0.3 is 4.74 Å². The number of methoxy groups -OCH3 is 1. The molecule has 0 amide bonds. The smallest absolute Gasteiger partial charge is 0.240 e. The second kappa shape index (κ2) is 6.35. The van der Waals surface area contributed by atoms with Crippen molar-refractivity contribution in [2.24, 2.45) is 0 Å². The van der Waals surface area contributed by atoms with Gasteiger partial charge in [0, 0.05) is 13.7 Å². The molecule has 0 saturated carbocycles. The van der Waals surface area contributed by atoms with Crippen LogP contribution in [0.4, 0.5) is 0 Å².